The number of carbonyl (C=O) groups is 1. The molecular weight excluding hydrogens is 453 g/mol. The van der Waals surface area contributed by atoms with Crippen LogP contribution in [0.3, 0.4) is 0 Å². The van der Waals surface area contributed by atoms with Crippen molar-refractivity contribution in [1.82, 2.24) is 0 Å². The normalized spacial score (nSPS) is 14.1. The Balaban J connectivity index is 3.81. The van der Waals surface area contributed by atoms with Gasteiger partial charge in [-0.25, -0.2) is 0 Å². The van der Waals surface area contributed by atoms with Crippen LogP contribution in [0.4, 0.5) is 0 Å². The van der Waals surface area contributed by atoms with Crippen molar-refractivity contribution in [2.75, 3.05) is 39.6 Å². The Hall–Kier alpha value is -0.460. The maximum absolute atomic E-state index is 12.0. The molecule has 0 aromatic heterocycles. The molecule has 0 heterocycles. The van der Waals surface area contributed by atoms with Crippen LogP contribution in [0.1, 0.15) is 117 Å². The molecule has 0 aliphatic rings. The van der Waals surface area contributed by atoms with Gasteiger partial charge in [-0.3, -0.25) is 9.36 Å². The van der Waals surface area contributed by atoms with Crippen LogP contribution in [-0.4, -0.2) is 56.5 Å². The van der Waals surface area contributed by atoms with E-state index >= 15 is 0 Å². The average Bonchev–Trinajstić information content (AvgIpc) is 2.81. The first-order valence-electron chi connectivity index (χ1n) is 14.0. The van der Waals surface area contributed by atoms with Crippen LogP contribution in [0.2, 0.25) is 0 Å². The zero-order valence-electron chi connectivity index (χ0n) is 22.4. The zero-order valence-corrected chi connectivity index (χ0v) is 23.3. The van der Waals surface area contributed by atoms with Crippen LogP contribution < -0.4 is 5.32 Å². The Morgan fingerprint density at radius 3 is 1.85 bits per heavy atom. The number of carbonyl (C=O) groups excluding carboxylic acids is 1. The number of nitrogens with two attached hydrogens (primary N) is 1. The second-order valence-corrected chi connectivity index (χ2v) is 11.4. The molecule has 3 N–H and O–H groups in total. The number of hydrogen-bond acceptors (Lipinski definition) is 5. The third-order valence-corrected chi connectivity index (χ3v) is 7.24. The van der Waals surface area contributed by atoms with Crippen molar-refractivity contribution in [3.8, 4) is 0 Å². The highest BCUT2D eigenvalue weighted by Crippen LogP contribution is 2.40. The fourth-order valence-electron chi connectivity index (χ4n) is 3.73. The number of hydrogen-bond donors (Lipinski definition) is 2. The van der Waals surface area contributed by atoms with E-state index in [1.54, 1.807) is 0 Å². The topological polar surface area (TPSA) is 98.7 Å². The van der Waals surface area contributed by atoms with Gasteiger partial charge in [0.1, 0.15) is 6.10 Å². The molecule has 0 aliphatic carbocycles. The first-order valence-corrected chi connectivity index (χ1v) is 15.7. The van der Waals surface area contributed by atoms with Crippen molar-refractivity contribution in [2.24, 2.45) is 0 Å². The number of quaternary nitrogens is 1. The fraction of sp³-hybridized carbons (Fsp3) is 0.962. The SMILES string of the molecule is CCCCCCCCCCCCCCCCOCC(COP(=O)(O)CC[NH2+]C)OC(=O)CCC. The molecule has 8 heteroatoms. The maximum Gasteiger partial charge on any atom is 0.333 e. The molecule has 0 aliphatic heterocycles. The van der Waals surface area contributed by atoms with E-state index in [2.05, 4.69) is 6.92 Å². The molecule has 0 rings (SSSR count). The van der Waals surface area contributed by atoms with E-state index < -0.39 is 13.7 Å². The fourth-order valence-corrected chi connectivity index (χ4v) is 4.85. The van der Waals surface area contributed by atoms with Crippen LogP contribution in [0.5, 0.6) is 0 Å². The van der Waals surface area contributed by atoms with Gasteiger partial charge in [0.15, 0.2) is 0 Å². The van der Waals surface area contributed by atoms with E-state index in [0.717, 1.165) is 12.8 Å². The van der Waals surface area contributed by atoms with Crippen LogP contribution in [0.25, 0.3) is 0 Å². The molecule has 7 nitrogen and oxygen atoms in total. The summed E-state index contributed by atoms with van der Waals surface area (Å²) in [4.78, 5) is 21.7. The molecule has 0 saturated carbocycles. The molecule has 0 amide bonds. The summed E-state index contributed by atoms with van der Waals surface area (Å²) in [5, 5.41) is 1.82. The molecule has 0 saturated heterocycles. The second-order valence-electron chi connectivity index (χ2n) is 9.39. The lowest BCUT2D eigenvalue weighted by Gasteiger charge is -2.20. The lowest BCUT2D eigenvalue weighted by molar-refractivity contribution is -0.622. The van der Waals surface area contributed by atoms with Crippen molar-refractivity contribution < 1.29 is 33.6 Å². The van der Waals surface area contributed by atoms with E-state index in [-0.39, 0.29) is 25.3 Å². The maximum atomic E-state index is 12.0. The summed E-state index contributed by atoms with van der Waals surface area (Å²) >= 11 is 0. The minimum absolute atomic E-state index is 0.0685. The predicted molar refractivity (Wildman–Crippen MR) is 139 cm³/mol. The number of esters is 1. The predicted octanol–water partition coefficient (Wildman–Crippen LogP) is 5.59. The third kappa shape index (κ3) is 23.3. The highest BCUT2D eigenvalue weighted by atomic mass is 31.2. The van der Waals surface area contributed by atoms with Gasteiger partial charge in [-0.05, 0) is 12.8 Å². The van der Waals surface area contributed by atoms with Crippen LogP contribution in [-0.2, 0) is 23.4 Å². The molecule has 0 aromatic carbocycles. The lowest BCUT2D eigenvalue weighted by Crippen LogP contribution is -2.80. The summed E-state index contributed by atoms with van der Waals surface area (Å²) in [5.41, 5.74) is 0. The number of rotatable bonds is 26. The molecule has 0 bridgehead atoms. The first-order chi connectivity index (χ1) is 16.4. The minimum Gasteiger partial charge on any atom is -0.457 e. The van der Waals surface area contributed by atoms with E-state index in [4.69, 9.17) is 14.0 Å². The van der Waals surface area contributed by atoms with Crippen molar-refractivity contribution in [1.29, 1.82) is 0 Å². The van der Waals surface area contributed by atoms with E-state index in [0.29, 0.717) is 26.0 Å². The van der Waals surface area contributed by atoms with Crippen LogP contribution in [0, 0.1) is 0 Å². The third-order valence-electron chi connectivity index (χ3n) is 5.86. The summed E-state index contributed by atoms with van der Waals surface area (Å²) in [6.07, 6.45) is 18.8. The van der Waals surface area contributed by atoms with Crippen LogP contribution in [0.15, 0.2) is 0 Å². The number of ether oxygens (including phenoxy) is 2. The van der Waals surface area contributed by atoms with Crippen molar-refractivity contribution in [2.45, 2.75) is 123 Å². The minimum atomic E-state index is -3.68. The van der Waals surface area contributed by atoms with Crippen LogP contribution >= 0.6 is 7.60 Å². The van der Waals surface area contributed by atoms with Gasteiger partial charge in [0.2, 0.25) is 0 Å². The van der Waals surface area contributed by atoms with Crippen molar-refractivity contribution in [3.05, 3.63) is 0 Å². The molecule has 0 spiro atoms. The monoisotopic (exact) mass is 508 g/mol. The summed E-state index contributed by atoms with van der Waals surface area (Å²) in [6, 6.07) is 0. The Morgan fingerprint density at radius 1 is 0.824 bits per heavy atom. The molecule has 204 valence electrons. The number of unbranched alkanes of at least 4 members (excludes halogenated alkanes) is 13. The molecule has 0 radical (unpaired) electrons. The van der Waals surface area contributed by atoms with Crippen molar-refractivity contribution >= 4 is 13.6 Å². The van der Waals surface area contributed by atoms with Gasteiger partial charge in [0, 0.05) is 13.0 Å². The zero-order chi connectivity index (χ0) is 25.3. The van der Waals surface area contributed by atoms with Gasteiger partial charge in [-0.15, -0.1) is 0 Å². The average molecular weight is 509 g/mol. The van der Waals surface area contributed by atoms with Gasteiger partial charge in [0.05, 0.1) is 33.0 Å². The Bertz CT molecular complexity index is 506. The van der Waals surface area contributed by atoms with Crippen molar-refractivity contribution in [3.63, 3.8) is 0 Å². The Labute approximate surface area is 209 Å². The Kier molecular flexibility index (Phi) is 23.9. The molecule has 0 aromatic rings. The summed E-state index contributed by atoms with van der Waals surface area (Å²) in [6.45, 7) is 5.34. The quantitative estimate of drug-likeness (QED) is 0.0898. The van der Waals surface area contributed by atoms with Gasteiger partial charge >= 0.3 is 13.6 Å². The standard InChI is InChI=1S/C26H54NO6P/c1-4-6-7-8-9-10-11-12-13-14-15-16-17-18-21-31-23-25(33-26(28)19-5-2)24-32-34(29,30)22-20-27-3/h25,27H,4-24H2,1-3H3,(H,29,30)/p+1. The molecule has 2 atom stereocenters. The van der Waals surface area contributed by atoms with Gasteiger partial charge in [0.25, 0.3) is 0 Å². The second kappa shape index (κ2) is 24.2. The van der Waals surface area contributed by atoms with E-state index in [9.17, 15) is 14.3 Å². The van der Waals surface area contributed by atoms with Gasteiger partial charge in [-0.1, -0.05) is 97.3 Å². The molecule has 34 heavy (non-hydrogen) atoms. The Morgan fingerprint density at radius 2 is 1.35 bits per heavy atom. The summed E-state index contributed by atoms with van der Waals surface area (Å²) < 4.78 is 28.3. The van der Waals surface area contributed by atoms with Gasteiger partial charge in [-0.2, -0.15) is 0 Å². The van der Waals surface area contributed by atoms with Gasteiger partial charge < -0.3 is 24.2 Å². The van der Waals surface area contributed by atoms with E-state index in [1.165, 1.54) is 77.0 Å². The molecule has 2 unspecified atom stereocenters. The summed E-state index contributed by atoms with van der Waals surface area (Å²) in [5.74, 6) is -0.328. The molecule has 0 fully saturated rings. The lowest BCUT2D eigenvalue weighted by atomic mass is 10.0. The summed E-state index contributed by atoms with van der Waals surface area (Å²) in [7, 11) is -1.84. The smallest absolute Gasteiger partial charge is 0.333 e. The highest BCUT2D eigenvalue weighted by Gasteiger charge is 2.24. The largest absolute Gasteiger partial charge is 0.457 e. The highest BCUT2D eigenvalue weighted by molar-refractivity contribution is 7.52. The van der Waals surface area contributed by atoms with E-state index in [1.807, 2.05) is 19.3 Å². The first kappa shape index (κ1) is 33.5. The molecular formula is C26H55NO6P+.